The molecular formula is C24H28O5. The van der Waals surface area contributed by atoms with Crippen LogP contribution in [0.2, 0.25) is 0 Å². The molecule has 5 heteroatoms. The topological polar surface area (TPSA) is 83.8 Å². The lowest BCUT2D eigenvalue weighted by molar-refractivity contribution is -0.155. The third-order valence-electron chi connectivity index (χ3n) is 6.33. The van der Waals surface area contributed by atoms with Crippen LogP contribution < -0.4 is 0 Å². The summed E-state index contributed by atoms with van der Waals surface area (Å²) in [5.74, 6) is -0.219. The van der Waals surface area contributed by atoms with Crippen LogP contribution in [-0.2, 0) is 19.7 Å². The fraction of sp³-hybridized carbons (Fsp3) is 0.417. The van der Waals surface area contributed by atoms with Gasteiger partial charge in [0.25, 0.3) is 0 Å². The quantitative estimate of drug-likeness (QED) is 0.568. The van der Waals surface area contributed by atoms with Crippen molar-refractivity contribution in [1.29, 1.82) is 0 Å². The Balaban J connectivity index is 0.000000176. The van der Waals surface area contributed by atoms with Crippen molar-refractivity contribution < 1.29 is 24.5 Å². The molecule has 2 aromatic carbocycles. The number of benzene rings is 2. The Kier molecular flexibility index (Phi) is 5.69. The first kappa shape index (κ1) is 20.9. The number of phenolic OH excluding ortho intramolecular Hbond substituents is 2. The lowest BCUT2D eigenvalue weighted by Crippen LogP contribution is -2.33. The summed E-state index contributed by atoms with van der Waals surface area (Å²) in [6, 6.07) is 14.4. The number of phenols is 2. The van der Waals surface area contributed by atoms with E-state index in [9.17, 15) is 19.8 Å². The largest absolute Gasteiger partial charge is 0.508 e. The van der Waals surface area contributed by atoms with E-state index >= 15 is 0 Å². The fourth-order valence-corrected chi connectivity index (χ4v) is 4.16. The van der Waals surface area contributed by atoms with Crippen molar-refractivity contribution in [2.75, 3.05) is 0 Å². The number of esters is 2. The summed E-state index contributed by atoms with van der Waals surface area (Å²) in [6.07, 6.45) is 3.71. The molecule has 1 heterocycles. The van der Waals surface area contributed by atoms with Gasteiger partial charge in [0, 0.05) is 5.41 Å². The van der Waals surface area contributed by atoms with E-state index in [2.05, 4.69) is 18.6 Å². The molecule has 1 aliphatic heterocycles. The highest BCUT2D eigenvalue weighted by Gasteiger charge is 2.54. The zero-order valence-electron chi connectivity index (χ0n) is 17.1. The van der Waals surface area contributed by atoms with Crippen LogP contribution in [0.4, 0.5) is 0 Å². The van der Waals surface area contributed by atoms with Crippen molar-refractivity contribution in [2.24, 2.45) is 11.3 Å². The first-order valence-corrected chi connectivity index (χ1v) is 10.00. The average Bonchev–Trinajstić information content (AvgIpc) is 2.92. The minimum absolute atomic E-state index is 0.151. The Morgan fingerprint density at radius 3 is 1.83 bits per heavy atom. The molecule has 1 aliphatic carbocycles. The highest BCUT2D eigenvalue weighted by molar-refractivity contribution is 5.99. The van der Waals surface area contributed by atoms with Gasteiger partial charge in [-0.1, -0.05) is 51.0 Å². The highest BCUT2D eigenvalue weighted by Crippen LogP contribution is 2.46. The molecule has 154 valence electrons. The van der Waals surface area contributed by atoms with Gasteiger partial charge in [-0.3, -0.25) is 9.59 Å². The van der Waals surface area contributed by atoms with Crippen LogP contribution in [0, 0.1) is 11.3 Å². The zero-order valence-corrected chi connectivity index (χ0v) is 17.1. The van der Waals surface area contributed by atoms with E-state index in [0.717, 1.165) is 36.8 Å². The molecule has 4 rings (SSSR count). The molecular weight excluding hydrogens is 368 g/mol. The number of carbonyl (C=O) groups excluding carboxylic acids is 2. The summed E-state index contributed by atoms with van der Waals surface area (Å²) in [6.45, 7) is 6.08. The predicted molar refractivity (Wildman–Crippen MR) is 110 cm³/mol. The van der Waals surface area contributed by atoms with E-state index in [0.29, 0.717) is 0 Å². The number of hydrogen-bond donors (Lipinski definition) is 2. The molecule has 2 aliphatic rings. The van der Waals surface area contributed by atoms with Crippen LogP contribution in [0.15, 0.2) is 48.5 Å². The molecule has 5 nitrogen and oxygen atoms in total. The van der Waals surface area contributed by atoms with Crippen LogP contribution >= 0.6 is 0 Å². The van der Waals surface area contributed by atoms with E-state index in [-0.39, 0.29) is 34.8 Å². The monoisotopic (exact) mass is 396 g/mol. The number of hydrogen-bond acceptors (Lipinski definition) is 5. The molecule has 29 heavy (non-hydrogen) atoms. The van der Waals surface area contributed by atoms with Crippen molar-refractivity contribution >= 4 is 11.9 Å². The molecule has 2 atom stereocenters. The molecule has 2 aromatic rings. The molecule has 0 amide bonds. The first-order chi connectivity index (χ1) is 13.6. The van der Waals surface area contributed by atoms with Crippen LogP contribution in [0.1, 0.15) is 57.6 Å². The Labute approximate surface area is 171 Å². The lowest BCUT2D eigenvalue weighted by Gasteiger charge is -2.29. The number of ether oxygens (including phenoxy) is 1. The molecule has 0 aromatic heterocycles. The molecule has 2 fully saturated rings. The summed E-state index contributed by atoms with van der Waals surface area (Å²) < 4.78 is 4.63. The zero-order chi connectivity index (χ0) is 21.2. The molecule has 0 spiro atoms. The van der Waals surface area contributed by atoms with Crippen molar-refractivity contribution in [3.8, 4) is 11.5 Å². The minimum atomic E-state index is -0.491. The van der Waals surface area contributed by atoms with Gasteiger partial charge in [0.1, 0.15) is 11.5 Å². The third kappa shape index (κ3) is 4.14. The van der Waals surface area contributed by atoms with Crippen molar-refractivity contribution in [3.63, 3.8) is 0 Å². The van der Waals surface area contributed by atoms with E-state index < -0.39 is 5.41 Å². The van der Waals surface area contributed by atoms with Gasteiger partial charge in [-0.15, -0.1) is 0 Å². The van der Waals surface area contributed by atoms with Gasteiger partial charge in [-0.2, -0.15) is 0 Å². The first-order valence-electron chi connectivity index (χ1n) is 10.00. The van der Waals surface area contributed by atoms with Gasteiger partial charge in [0.05, 0.1) is 11.3 Å². The molecule has 2 unspecified atom stereocenters. The summed E-state index contributed by atoms with van der Waals surface area (Å²) in [7, 11) is 0. The van der Waals surface area contributed by atoms with Crippen LogP contribution in [0.25, 0.3) is 0 Å². The Morgan fingerprint density at radius 1 is 0.897 bits per heavy atom. The van der Waals surface area contributed by atoms with Gasteiger partial charge >= 0.3 is 11.9 Å². The van der Waals surface area contributed by atoms with Crippen molar-refractivity contribution in [1.82, 2.24) is 0 Å². The van der Waals surface area contributed by atoms with E-state index in [1.807, 2.05) is 31.2 Å². The molecule has 0 bridgehead atoms. The van der Waals surface area contributed by atoms with Gasteiger partial charge in [0.2, 0.25) is 0 Å². The second-order valence-electron chi connectivity index (χ2n) is 8.64. The SMILES string of the molecule is CC(C)(c1ccc(O)cc1)c1ccc(O)cc1.CC12CCCCC1C(=O)OC2=O. The number of cyclic esters (lactones) is 2. The highest BCUT2D eigenvalue weighted by atomic mass is 16.6. The second kappa shape index (κ2) is 7.90. The van der Waals surface area contributed by atoms with E-state index in [1.54, 1.807) is 24.3 Å². The Hall–Kier alpha value is -2.82. The molecule has 1 saturated carbocycles. The Morgan fingerprint density at radius 2 is 1.38 bits per heavy atom. The van der Waals surface area contributed by atoms with E-state index in [1.165, 1.54) is 0 Å². The number of rotatable bonds is 2. The molecule has 0 radical (unpaired) electrons. The van der Waals surface area contributed by atoms with Crippen LogP contribution in [0.5, 0.6) is 11.5 Å². The number of aromatic hydroxyl groups is 2. The lowest BCUT2D eigenvalue weighted by atomic mass is 9.69. The smallest absolute Gasteiger partial charge is 0.320 e. The van der Waals surface area contributed by atoms with Crippen molar-refractivity contribution in [3.05, 3.63) is 59.7 Å². The second-order valence-corrected chi connectivity index (χ2v) is 8.64. The summed E-state index contributed by atoms with van der Waals surface area (Å²) in [5.41, 5.74) is 1.61. The van der Waals surface area contributed by atoms with E-state index in [4.69, 9.17) is 0 Å². The average molecular weight is 396 g/mol. The molecule has 2 N–H and O–H groups in total. The summed E-state index contributed by atoms with van der Waals surface area (Å²) in [5, 5.41) is 18.6. The third-order valence-corrected chi connectivity index (χ3v) is 6.33. The normalized spacial score (nSPS) is 23.6. The predicted octanol–water partition coefficient (Wildman–Crippen LogP) is 4.69. The summed E-state index contributed by atoms with van der Waals surface area (Å²) >= 11 is 0. The van der Waals surface area contributed by atoms with Gasteiger partial charge in [-0.05, 0) is 55.2 Å². The standard InChI is InChI=1S/C15H16O2.C9H12O3/c1-15(2,11-3-7-13(16)8-4-11)12-5-9-14(17)10-6-12;1-9-5-3-2-4-6(9)7(10)12-8(9)11/h3-10,16-17H,1-2H3;6H,2-5H2,1H3. The van der Waals surface area contributed by atoms with Gasteiger partial charge in [0.15, 0.2) is 0 Å². The fourth-order valence-electron chi connectivity index (χ4n) is 4.16. The van der Waals surface area contributed by atoms with Crippen LogP contribution in [0.3, 0.4) is 0 Å². The minimum Gasteiger partial charge on any atom is -0.508 e. The van der Waals surface area contributed by atoms with Gasteiger partial charge in [-0.25, -0.2) is 0 Å². The maximum absolute atomic E-state index is 11.3. The van der Waals surface area contributed by atoms with Crippen molar-refractivity contribution in [2.45, 2.75) is 51.9 Å². The molecule has 1 saturated heterocycles. The Bertz CT molecular complexity index is 835. The number of carbonyl (C=O) groups is 2. The van der Waals surface area contributed by atoms with Gasteiger partial charge < -0.3 is 14.9 Å². The maximum Gasteiger partial charge on any atom is 0.320 e. The summed E-state index contributed by atoms with van der Waals surface area (Å²) in [4.78, 5) is 22.5. The van der Waals surface area contributed by atoms with Crippen LogP contribution in [-0.4, -0.2) is 22.2 Å². The maximum atomic E-state index is 11.3. The number of fused-ring (bicyclic) bond motifs is 1.